The molecule has 0 aliphatic carbocycles. The van der Waals surface area contributed by atoms with Crippen LogP contribution < -0.4 is 10.6 Å². The first-order chi connectivity index (χ1) is 12.0. The molecule has 136 valence electrons. The summed E-state index contributed by atoms with van der Waals surface area (Å²) in [6.07, 6.45) is 6.20. The topological polar surface area (TPSA) is 41.9 Å². The van der Waals surface area contributed by atoms with Crippen LogP contribution in [0.5, 0.6) is 0 Å². The number of aromatic nitrogens is 2. The summed E-state index contributed by atoms with van der Waals surface area (Å²) in [6, 6.07) is 6.47. The summed E-state index contributed by atoms with van der Waals surface area (Å²) in [5.41, 5.74) is 5.47. The molecule has 0 saturated heterocycles. The van der Waals surface area contributed by atoms with Gasteiger partial charge in [0.15, 0.2) is 0 Å². The summed E-state index contributed by atoms with van der Waals surface area (Å²) < 4.78 is 1.98. The van der Waals surface area contributed by atoms with E-state index < -0.39 is 0 Å². The van der Waals surface area contributed by atoms with Crippen molar-refractivity contribution in [2.24, 2.45) is 0 Å². The van der Waals surface area contributed by atoms with Crippen molar-refractivity contribution in [3.05, 3.63) is 46.8 Å². The highest BCUT2D eigenvalue weighted by molar-refractivity contribution is 6.30. The fourth-order valence-corrected chi connectivity index (χ4v) is 2.95. The predicted octanol–water partition coefficient (Wildman–Crippen LogP) is 5.10. The third kappa shape index (κ3) is 4.79. The van der Waals surface area contributed by atoms with Gasteiger partial charge in [-0.3, -0.25) is 4.68 Å². The number of aryl methyl sites for hydroxylation is 1. The molecule has 0 aliphatic heterocycles. The molecule has 0 radical (unpaired) electrons. The maximum absolute atomic E-state index is 6.23. The minimum Gasteiger partial charge on any atom is -0.385 e. The number of rotatable bonds is 8. The standard InChI is InChI=1S/C20H29ClN4/c1-6-14(4)23-17(8-3)12-25-13-19(22-5)20(24-25)18-11-16(21)10-9-15(18)7-2/h8-11,13-14,22-23H,6-7,12H2,1-5H3/b17-8+. The second-order valence-corrected chi connectivity index (χ2v) is 6.70. The van der Waals surface area contributed by atoms with Crippen LogP contribution in [0.1, 0.15) is 39.7 Å². The number of benzene rings is 1. The minimum absolute atomic E-state index is 0.449. The van der Waals surface area contributed by atoms with Crippen molar-refractivity contribution in [1.82, 2.24) is 15.1 Å². The lowest BCUT2D eigenvalue weighted by molar-refractivity contribution is 0.547. The van der Waals surface area contributed by atoms with Crippen molar-refractivity contribution in [2.45, 2.75) is 53.1 Å². The van der Waals surface area contributed by atoms with Crippen LogP contribution in [0.25, 0.3) is 11.3 Å². The molecule has 2 N–H and O–H groups in total. The van der Waals surface area contributed by atoms with Crippen molar-refractivity contribution in [2.75, 3.05) is 12.4 Å². The highest BCUT2D eigenvalue weighted by atomic mass is 35.5. The predicted molar refractivity (Wildman–Crippen MR) is 108 cm³/mol. The van der Waals surface area contributed by atoms with Gasteiger partial charge in [0.25, 0.3) is 0 Å². The fraction of sp³-hybridized carbons (Fsp3) is 0.450. The largest absolute Gasteiger partial charge is 0.385 e. The molecule has 1 aromatic carbocycles. The van der Waals surface area contributed by atoms with E-state index in [9.17, 15) is 0 Å². The zero-order chi connectivity index (χ0) is 18.4. The van der Waals surface area contributed by atoms with Crippen LogP contribution in [0.4, 0.5) is 5.69 Å². The van der Waals surface area contributed by atoms with Gasteiger partial charge < -0.3 is 10.6 Å². The van der Waals surface area contributed by atoms with E-state index in [1.165, 1.54) is 11.3 Å². The number of halogens is 1. The summed E-state index contributed by atoms with van der Waals surface area (Å²) in [5, 5.41) is 12.4. The van der Waals surface area contributed by atoms with Gasteiger partial charge in [0.2, 0.25) is 0 Å². The Morgan fingerprint density at radius 1 is 1.36 bits per heavy atom. The molecule has 1 aromatic heterocycles. The second kappa shape index (κ2) is 8.95. The molecule has 0 bridgehead atoms. The Hall–Kier alpha value is -1.94. The van der Waals surface area contributed by atoms with Crippen LogP contribution in [0.2, 0.25) is 5.02 Å². The zero-order valence-electron chi connectivity index (χ0n) is 15.9. The lowest BCUT2D eigenvalue weighted by atomic mass is 10.0. The molecule has 1 unspecified atom stereocenters. The first kappa shape index (κ1) is 19.4. The van der Waals surface area contributed by atoms with Crippen molar-refractivity contribution in [1.29, 1.82) is 0 Å². The molecule has 1 atom stereocenters. The van der Waals surface area contributed by atoms with Gasteiger partial charge in [0.05, 0.1) is 12.2 Å². The molecular formula is C20H29ClN4. The third-order valence-corrected chi connectivity index (χ3v) is 4.70. The number of anilines is 1. The second-order valence-electron chi connectivity index (χ2n) is 6.26. The molecule has 5 heteroatoms. The van der Waals surface area contributed by atoms with Gasteiger partial charge in [-0.15, -0.1) is 0 Å². The van der Waals surface area contributed by atoms with Crippen LogP contribution in [0, 0.1) is 0 Å². The average molecular weight is 361 g/mol. The Bertz CT molecular complexity index is 733. The summed E-state index contributed by atoms with van der Waals surface area (Å²) in [4.78, 5) is 0. The number of hydrogen-bond donors (Lipinski definition) is 2. The Balaban J connectivity index is 2.35. The van der Waals surface area contributed by atoms with E-state index in [0.29, 0.717) is 6.04 Å². The zero-order valence-corrected chi connectivity index (χ0v) is 16.6. The quantitative estimate of drug-likeness (QED) is 0.688. The molecule has 0 fully saturated rings. The number of hydrogen-bond acceptors (Lipinski definition) is 3. The molecule has 1 heterocycles. The van der Waals surface area contributed by atoms with Crippen LogP contribution in [0.15, 0.2) is 36.2 Å². The molecule has 4 nitrogen and oxygen atoms in total. The van der Waals surface area contributed by atoms with Gasteiger partial charge in [-0.1, -0.05) is 37.6 Å². The van der Waals surface area contributed by atoms with Gasteiger partial charge in [0, 0.05) is 35.6 Å². The number of nitrogens with zero attached hydrogens (tertiary/aromatic N) is 2. The fourth-order valence-electron chi connectivity index (χ4n) is 2.78. The van der Waals surface area contributed by atoms with E-state index in [-0.39, 0.29) is 0 Å². The van der Waals surface area contributed by atoms with Crippen molar-refractivity contribution in [3.63, 3.8) is 0 Å². The maximum atomic E-state index is 6.23. The lowest BCUT2D eigenvalue weighted by Gasteiger charge is -2.16. The summed E-state index contributed by atoms with van der Waals surface area (Å²) in [5.74, 6) is 0. The number of allylic oxidation sites excluding steroid dienone is 2. The van der Waals surface area contributed by atoms with E-state index in [1.807, 2.05) is 23.9 Å². The van der Waals surface area contributed by atoms with Gasteiger partial charge in [-0.05, 0) is 44.4 Å². The Labute approximate surface area is 156 Å². The van der Waals surface area contributed by atoms with Gasteiger partial charge >= 0.3 is 0 Å². The SMILES string of the molecule is C/C=C(\Cn1cc(NC)c(-c2cc(Cl)ccc2CC)n1)NC(C)CC. The van der Waals surface area contributed by atoms with Crippen LogP contribution in [-0.4, -0.2) is 22.9 Å². The van der Waals surface area contributed by atoms with Gasteiger partial charge in [-0.25, -0.2) is 0 Å². The Kier molecular flexibility index (Phi) is 6.94. The summed E-state index contributed by atoms with van der Waals surface area (Å²) in [7, 11) is 1.93. The molecule has 0 amide bonds. The third-order valence-electron chi connectivity index (χ3n) is 4.46. The summed E-state index contributed by atoms with van der Waals surface area (Å²) in [6.45, 7) is 9.30. The average Bonchev–Trinajstić information content (AvgIpc) is 3.03. The van der Waals surface area contributed by atoms with E-state index >= 15 is 0 Å². The number of nitrogens with one attached hydrogen (secondary N) is 2. The smallest absolute Gasteiger partial charge is 0.116 e. The molecular weight excluding hydrogens is 332 g/mol. The van der Waals surface area contributed by atoms with Crippen LogP contribution in [-0.2, 0) is 13.0 Å². The van der Waals surface area contributed by atoms with E-state index in [4.69, 9.17) is 16.7 Å². The molecule has 2 rings (SSSR count). The van der Waals surface area contributed by atoms with Crippen LogP contribution >= 0.6 is 11.6 Å². The summed E-state index contributed by atoms with van der Waals surface area (Å²) >= 11 is 6.23. The van der Waals surface area contributed by atoms with E-state index in [1.54, 1.807) is 0 Å². The van der Waals surface area contributed by atoms with Gasteiger partial charge in [-0.2, -0.15) is 5.10 Å². The Morgan fingerprint density at radius 2 is 2.12 bits per heavy atom. The first-order valence-corrected chi connectivity index (χ1v) is 9.35. The molecule has 0 saturated carbocycles. The molecule has 25 heavy (non-hydrogen) atoms. The highest BCUT2D eigenvalue weighted by Crippen LogP contribution is 2.31. The van der Waals surface area contributed by atoms with Crippen molar-refractivity contribution in [3.8, 4) is 11.3 Å². The highest BCUT2D eigenvalue weighted by Gasteiger charge is 2.15. The molecule has 0 spiro atoms. The molecule has 0 aliphatic rings. The van der Waals surface area contributed by atoms with Gasteiger partial charge in [0.1, 0.15) is 5.69 Å². The van der Waals surface area contributed by atoms with Crippen molar-refractivity contribution >= 4 is 17.3 Å². The van der Waals surface area contributed by atoms with Crippen molar-refractivity contribution < 1.29 is 0 Å². The monoisotopic (exact) mass is 360 g/mol. The van der Waals surface area contributed by atoms with Crippen LogP contribution in [0.3, 0.4) is 0 Å². The Morgan fingerprint density at radius 3 is 2.72 bits per heavy atom. The maximum Gasteiger partial charge on any atom is 0.116 e. The lowest BCUT2D eigenvalue weighted by Crippen LogP contribution is -2.27. The van der Waals surface area contributed by atoms with E-state index in [2.05, 4.69) is 56.7 Å². The minimum atomic E-state index is 0.449. The first-order valence-electron chi connectivity index (χ1n) is 8.98. The normalized spacial score (nSPS) is 13.0. The molecule has 2 aromatic rings. The van der Waals surface area contributed by atoms with E-state index in [0.717, 1.165) is 41.4 Å².